The Bertz CT molecular complexity index is 581. The van der Waals surface area contributed by atoms with E-state index in [2.05, 4.69) is 20.6 Å². The number of carbonyl (C=O) groups excluding carboxylic acids is 1. The lowest BCUT2D eigenvalue weighted by molar-refractivity contribution is -0.140. The van der Waals surface area contributed by atoms with Crippen molar-refractivity contribution in [3.63, 3.8) is 0 Å². The molecule has 0 aliphatic rings. The molecule has 0 spiro atoms. The number of rotatable bonds is 8. The van der Waals surface area contributed by atoms with Crippen molar-refractivity contribution in [2.75, 3.05) is 47.4 Å². The minimum absolute atomic E-state index is 0. The Labute approximate surface area is 171 Å². The Hall–Kier alpha value is -1.15. The Morgan fingerprint density at radius 2 is 2.00 bits per heavy atom. The number of nitrogens with zero attached hydrogens (tertiary/aromatic N) is 3. The lowest BCUT2D eigenvalue weighted by Gasteiger charge is -2.13. The highest BCUT2D eigenvalue weighted by Gasteiger charge is 2.33. The van der Waals surface area contributed by atoms with E-state index in [-0.39, 0.29) is 36.4 Å². The van der Waals surface area contributed by atoms with Gasteiger partial charge in [-0.1, -0.05) is 0 Å². The van der Waals surface area contributed by atoms with Crippen molar-refractivity contribution in [1.29, 1.82) is 0 Å². The summed E-state index contributed by atoms with van der Waals surface area (Å²) in [5, 5.41) is 7.32. The number of aromatic nitrogens is 1. The lowest BCUT2D eigenvalue weighted by atomic mass is 10.4. The van der Waals surface area contributed by atoms with E-state index in [1.54, 1.807) is 21.2 Å². The van der Waals surface area contributed by atoms with E-state index in [0.29, 0.717) is 37.1 Å². The van der Waals surface area contributed by atoms with Gasteiger partial charge in [0.05, 0.1) is 11.6 Å². The summed E-state index contributed by atoms with van der Waals surface area (Å²) < 4.78 is 42.5. The number of ether oxygens (including phenoxy) is 1. The fourth-order valence-corrected chi connectivity index (χ4v) is 2.38. The van der Waals surface area contributed by atoms with Gasteiger partial charge < -0.3 is 20.3 Å². The van der Waals surface area contributed by atoms with Gasteiger partial charge in [0.25, 0.3) is 0 Å². The minimum Gasteiger partial charge on any atom is -0.383 e. The first kappa shape index (κ1) is 24.8. The third-order valence-electron chi connectivity index (χ3n) is 2.94. The van der Waals surface area contributed by atoms with Crippen LogP contribution in [0.5, 0.6) is 0 Å². The molecule has 0 saturated carbocycles. The molecule has 0 bridgehead atoms. The molecule has 0 radical (unpaired) electrons. The van der Waals surface area contributed by atoms with Crippen LogP contribution in [0.4, 0.5) is 13.2 Å². The maximum absolute atomic E-state index is 12.5. The maximum atomic E-state index is 12.5. The second-order valence-corrected chi connectivity index (χ2v) is 6.12. The first-order valence-corrected chi connectivity index (χ1v) is 8.35. The van der Waals surface area contributed by atoms with Crippen LogP contribution < -0.4 is 10.6 Å². The molecule has 2 N–H and O–H groups in total. The summed E-state index contributed by atoms with van der Waals surface area (Å²) in [7, 11) is 4.82. The molecule has 1 rings (SSSR count). The van der Waals surface area contributed by atoms with Crippen LogP contribution in [0.2, 0.25) is 0 Å². The zero-order valence-electron chi connectivity index (χ0n) is 14.7. The van der Waals surface area contributed by atoms with Crippen molar-refractivity contribution in [2.45, 2.75) is 12.6 Å². The first-order valence-electron chi connectivity index (χ1n) is 7.47. The number of hydrogen-bond acceptors (Lipinski definition) is 5. The van der Waals surface area contributed by atoms with E-state index in [0.717, 1.165) is 16.7 Å². The van der Waals surface area contributed by atoms with Crippen molar-refractivity contribution in [2.24, 2.45) is 4.99 Å². The van der Waals surface area contributed by atoms with Gasteiger partial charge in [-0.3, -0.25) is 4.79 Å². The molecule has 0 saturated heterocycles. The third kappa shape index (κ3) is 9.52. The van der Waals surface area contributed by atoms with Crippen LogP contribution in [0.3, 0.4) is 0 Å². The molecule has 0 aliphatic carbocycles. The Morgan fingerprint density at radius 3 is 2.54 bits per heavy atom. The van der Waals surface area contributed by atoms with Crippen molar-refractivity contribution >= 4 is 47.2 Å². The van der Waals surface area contributed by atoms with E-state index in [1.807, 2.05) is 0 Å². The molecule has 1 heterocycles. The number of guanidine groups is 1. The van der Waals surface area contributed by atoms with Crippen LogP contribution in [0.25, 0.3) is 0 Å². The van der Waals surface area contributed by atoms with E-state index >= 15 is 0 Å². The van der Waals surface area contributed by atoms with Gasteiger partial charge in [-0.15, -0.1) is 35.3 Å². The van der Waals surface area contributed by atoms with Gasteiger partial charge in [0.2, 0.25) is 5.91 Å². The van der Waals surface area contributed by atoms with Crippen LogP contribution in [0.1, 0.15) is 10.7 Å². The van der Waals surface area contributed by atoms with Gasteiger partial charge in [0.15, 0.2) is 11.7 Å². The number of nitrogens with one attached hydrogen (secondary N) is 2. The number of hydrogen-bond donors (Lipinski definition) is 2. The van der Waals surface area contributed by atoms with Gasteiger partial charge >= 0.3 is 6.18 Å². The molecule has 12 heteroatoms. The molecule has 0 unspecified atom stereocenters. The molecular weight excluding hydrogens is 486 g/mol. The summed E-state index contributed by atoms with van der Waals surface area (Å²) in [5.74, 6) is 0.224. The highest BCUT2D eigenvalue weighted by Crippen LogP contribution is 2.29. The molecule has 0 atom stereocenters. The molecule has 0 aliphatic heterocycles. The zero-order valence-corrected chi connectivity index (χ0v) is 17.9. The normalized spacial score (nSPS) is 11.7. The molecule has 26 heavy (non-hydrogen) atoms. The fraction of sp³-hybridized carbons (Fsp3) is 0.643. The molecule has 1 amide bonds. The summed E-state index contributed by atoms with van der Waals surface area (Å²) in [6, 6.07) is 0. The molecule has 1 aromatic rings. The Balaban J connectivity index is 0.00000625. The smallest absolute Gasteiger partial charge is 0.383 e. The average molecular weight is 509 g/mol. The number of carbonyl (C=O) groups is 1. The topological polar surface area (TPSA) is 78.8 Å². The number of aliphatic imine (C=N–C) groups is 1. The Morgan fingerprint density at radius 1 is 1.35 bits per heavy atom. The molecular formula is C14H23F3IN5O2S. The monoisotopic (exact) mass is 509 g/mol. The molecule has 0 aromatic carbocycles. The van der Waals surface area contributed by atoms with E-state index in [1.165, 1.54) is 4.90 Å². The van der Waals surface area contributed by atoms with Crippen molar-refractivity contribution < 1.29 is 22.7 Å². The van der Waals surface area contributed by atoms with Crippen LogP contribution in [-0.4, -0.2) is 69.2 Å². The number of likely N-dealkylation sites (N-methyl/N-ethyl adjacent to an activating group) is 1. The third-order valence-corrected chi connectivity index (χ3v) is 3.85. The van der Waals surface area contributed by atoms with Gasteiger partial charge in [-0.05, 0) is 0 Å². The van der Waals surface area contributed by atoms with Gasteiger partial charge in [-0.25, -0.2) is 9.98 Å². The average Bonchev–Trinajstić information content (AvgIpc) is 3.01. The van der Waals surface area contributed by atoms with Crippen LogP contribution in [0.15, 0.2) is 10.4 Å². The number of alkyl halides is 3. The number of halogens is 4. The second kappa shape index (κ2) is 12.3. The van der Waals surface area contributed by atoms with Crippen molar-refractivity contribution in [3.8, 4) is 0 Å². The minimum atomic E-state index is -4.43. The van der Waals surface area contributed by atoms with Crippen molar-refractivity contribution in [1.82, 2.24) is 20.5 Å². The number of methoxy groups -OCH3 is 1. The van der Waals surface area contributed by atoms with Crippen LogP contribution in [-0.2, 0) is 22.1 Å². The standard InChI is InChI=1S/C14H22F3N5O2S.HI/c1-22(2)12(23)8-20-13(19-6-7-24-3)18-5-4-11-21-10(9-25-11)14(15,16)17;/h9H,4-8H2,1-3H3,(H2,18,19,20);1H. The summed E-state index contributed by atoms with van der Waals surface area (Å²) in [6.07, 6.45) is -4.11. The molecule has 7 nitrogen and oxygen atoms in total. The second-order valence-electron chi connectivity index (χ2n) is 5.17. The quantitative estimate of drug-likeness (QED) is 0.241. The zero-order chi connectivity index (χ0) is 18.9. The predicted molar refractivity (Wildman–Crippen MR) is 105 cm³/mol. The van der Waals surface area contributed by atoms with Crippen molar-refractivity contribution in [3.05, 3.63) is 16.1 Å². The predicted octanol–water partition coefficient (Wildman–Crippen LogP) is 1.59. The summed E-state index contributed by atoms with van der Waals surface area (Å²) in [6.45, 7) is 1.22. The van der Waals surface area contributed by atoms with E-state index in [4.69, 9.17) is 4.74 Å². The highest BCUT2D eigenvalue weighted by atomic mass is 127. The maximum Gasteiger partial charge on any atom is 0.434 e. The molecule has 0 fully saturated rings. The Kier molecular flexibility index (Phi) is 11.7. The van der Waals surface area contributed by atoms with Gasteiger partial charge in [0.1, 0.15) is 6.54 Å². The SMILES string of the molecule is COCCNC(=NCC(=O)N(C)C)NCCc1nc(C(F)(F)F)cs1.I. The molecule has 150 valence electrons. The fourth-order valence-electron chi connectivity index (χ4n) is 1.58. The van der Waals surface area contributed by atoms with E-state index < -0.39 is 11.9 Å². The van der Waals surface area contributed by atoms with Gasteiger partial charge in [0, 0.05) is 46.1 Å². The molecule has 1 aromatic heterocycles. The van der Waals surface area contributed by atoms with Crippen LogP contribution in [0, 0.1) is 0 Å². The summed E-state index contributed by atoms with van der Waals surface area (Å²) >= 11 is 0.960. The summed E-state index contributed by atoms with van der Waals surface area (Å²) in [4.78, 5) is 20.7. The largest absolute Gasteiger partial charge is 0.434 e. The first-order chi connectivity index (χ1) is 11.7. The summed E-state index contributed by atoms with van der Waals surface area (Å²) in [5.41, 5.74) is -0.879. The van der Waals surface area contributed by atoms with Crippen LogP contribution >= 0.6 is 35.3 Å². The number of thiazole rings is 1. The lowest BCUT2D eigenvalue weighted by Crippen LogP contribution is -2.40. The van der Waals surface area contributed by atoms with Gasteiger partial charge in [-0.2, -0.15) is 13.2 Å². The number of amides is 1. The highest BCUT2D eigenvalue weighted by molar-refractivity contribution is 14.0. The van der Waals surface area contributed by atoms with E-state index in [9.17, 15) is 18.0 Å².